The van der Waals surface area contributed by atoms with Gasteiger partial charge in [-0.05, 0) is 84.5 Å². The number of nitrogens with zero attached hydrogens (tertiary/aromatic N) is 4. The van der Waals surface area contributed by atoms with E-state index in [0.717, 1.165) is 41.4 Å². The number of nitrogens with one attached hydrogen (secondary N) is 4. The normalized spacial score (nSPS) is 21.6. The fourth-order valence-corrected chi connectivity index (χ4v) is 7.21. The number of benzene rings is 1. The van der Waals surface area contributed by atoms with Gasteiger partial charge in [-0.15, -0.1) is 15.6 Å². The summed E-state index contributed by atoms with van der Waals surface area (Å²) in [6.45, 7) is 11.5. The van der Waals surface area contributed by atoms with E-state index in [9.17, 15) is 32.7 Å². The number of carbonyl (C=O) groups is 4. The Kier molecular flexibility index (Phi) is 12.7. The van der Waals surface area contributed by atoms with Gasteiger partial charge in [0.05, 0.1) is 12.1 Å². The Morgan fingerprint density at radius 1 is 1.23 bits per heavy atom. The molecule has 3 aliphatic rings. The van der Waals surface area contributed by atoms with Gasteiger partial charge in [-0.1, -0.05) is 17.3 Å². The summed E-state index contributed by atoms with van der Waals surface area (Å²) in [7, 11) is -5.08. The standard InChI is InChI=1S/C34H47N9O12S2/c1-32(2,3)53-31(48)41-30-39-21(17-56-30)24(26(44)40-25-27(45)43(33(25,4)5)55-57(49,50)51)42-54-34(6,28(46)47)23-11-9-19-14-18(8-10-22(19)52-23)20-15-37-29(38-16-20)36-13-7-12-35/h8,10,14,17,20,23,25H,7,9,11-13,15-16,35H2,1-6H3,(H,40,44)(H,46,47)(H2,36,37,38)(H,39,41,48)(H,49,50,51)/b42-24-/t23-,25-,34?/m1/s1. The second kappa shape index (κ2) is 16.8. The number of ether oxygens (including phenoxy) is 2. The van der Waals surface area contributed by atoms with Crippen molar-refractivity contribution < 1.29 is 55.9 Å². The zero-order valence-corrected chi connectivity index (χ0v) is 33.8. The fraction of sp³-hybridized carbons (Fsp3) is 0.559. The van der Waals surface area contributed by atoms with Gasteiger partial charge < -0.3 is 41.1 Å². The van der Waals surface area contributed by atoms with Crippen molar-refractivity contribution in [2.45, 2.75) is 95.6 Å². The molecular formula is C34H47N9O12S2. The first-order chi connectivity index (χ1) is 26.6. The monoisotopic (exact) mass is 837 g/mol. The Hall–Kier alpha value is -5.10. The van der Waals surface area contributed by atoms with Crippen LogP contribution in [0.3, 0.4) is 0 Å². The number of oxime groups is 1. The number of carbonyl (C=O) groups excluding carboxylic acids is 3. The van der Waals surface area contributed by atoms with Crippen LogP contribution in [0.1, 0.15) is 77.1 Å². The third-order valence-corrected chi connectivity index (χ3v) is 10.3. The number of thiazole rings is 1. The molecule has 0 radical (unpaired) electrons. The molecule has 0 bridgehead atoms. The SMILES string of the molecule is CC(C)(C)OC(=O)Nc1nc(/C(=N/OC(C)(C(=O)O)[C@H]2CCc3cc(C4CN=C(NCCCN)NC4)ccc3O2)C(=O)N[C@@H]2C(=O)N(OS(=O)(=O)O)C2(C)C)cs1. The number of anilines is 1. The maximum Gasteiger partial charge on any atom is 0.418 e. The number of aryl methyl sites for hydroxylation is 1. The zero-order chi connectivity index (χ0) is 41.9. The number of carboxylic acids is 1. The van der Waals surface area contributed by atoms with Crippen molar-refractivity contribution in [2.75, 3.05) is 31.5 Å². The van der Waals surface area contributed by atoms with Crippen LogP contribution < -0.4 is 31.7 Å². The molecule has 2 aromatic rings. The second-order valence-corrected chi connectivity index (χ2v) is 17.0. The number of hydroxylamine groups is 2. The first-order valence-electron chi connectivity index (χ1n) is 17.9. The number of hydrogen-bond donors (Lipinski definition) is 7. The third-order valence-electron chi connectivity index (χ3n) is 9.22. The highest BCUT2D eigenvalue weighted by Crippen LogP contribution is 2.36. The van der Waals surface area contributed by atoms with E-state index < -0.39 is 68.9 Å². The van der Waals surface area contributed by atoms with Gasteiger partial charge in [-0.25, -0.2) is 14.6 Å². The van der Waals surface area contributed by atoms with Gasteiger partial charge in [0.1, 0.15) is 23.1 Å². The highest BCUT2D eigenvalue weighted by Gasteiger charge is 2.58. The number of rotatable bonds is 14. The molecule has 1 saturated heterocycles. The van der Waals surface area contributed by atoms with E-state index in [1.807, 2.05) is 12.1 Å². The quantitative estimate of drug-likeness (QED) is 0.0463. The Morgan fingerprint density at radius 3 is 2.58 bits per heavy atom. The number of aromatic nitrogens is 1. The van der Waals surface area contributed by atoms with Crippen LogP contribution in [-0.4, -0.2) is 119 Å². The fourth-order valence-electron chi connectivity index (χ4n) is 6.07. The molecule has 5 rings (SSSR count). The smallest absolute Gasteiger partial charge is 0.418 e. The number of nitrogens with two attached hydrogens (primary N) is 1. The van der Waals surface area contributed by atoms with Crippen molar-refractivity contribution in [1.82, 2.24) is 26.0 Å². The molecule has 2 unspecified atom stereocenters. The van der Waals surface area contributed by atoms with Gasteiger partial charge in [0.25, 0.3) is 17.4 Å². The molecule has 8 N–H and O–H groups in total. The number of guanidine groups is 1. The molecule has 1 fully saturated rings. The molecule has 1 aromatic heterocycles. The topological polar surface area (TPSA) is 295 Å². The van der Waals surface area contributed by atoms with Crippen LogP contribution in [-0.2, 0) is 45.1 Å². The summed E-state index contributed by atoms with van der Waals surface area (Å²) >= 11 is 0.882. The van der Waals surface area contributed by atoms with Crippen molar-refractivity contribution in [3.63, 3.8) is 0 Å². The molecule has 0 saturated carbocycles. The van der Waals surface area contributed by atoms with E-state index in [4.69, 9.17) is 24.6 Å². The number of carboxylic acid groups (broad SMARTS) is 1. The van der Waals surface area contributed by atoms with Gasteiger partial charge in [-0.2, -0.15) is 13.5 Å². The van der Waals surface area contributed by atoms with Crippen LogP contribution >= 0.6 is 11.3 Å². The minimum absolute atomic E-state index is 0.0180. The molecule has 3 amide bonds. The number of fused-ring (bicyclic) bond motifs is 1. The summed E-state index contributed by atoms with van der Waals surface area (Å²) in [6, 6.07) is 4.27. The lowest BCUT2D eigenvalue weighted by molar-refractivity contribution is -0.218. The summed E-state index contributed by atoms with van der Waals surface area (Å²) in [4.78, 5) is 66.4. The lowest BCUT2D eigenvalue weighted by atomic mass is 9.84. The minimum atomic E-state index is -5.08. The number of hydrogen-bond acceptors (Lipinski definition) is 17. The molecule has 0 spiro atoms. The zero-order valence-electron chi connectivity index (χ0n) is 32.2. The van der Waals surface area contributed by atoms with Crippen LogP contribution in [0.5, 0.6) is 5.75 Å². The molecule has 3 aliphatic heterocycles. The Bertz CT molecular complexity index is 2050. The predicted molar refractivity (Wildman–Crippen MR) is 205 cm³/mol. The summed E-state index contributed by atoms with van der Waals surface area (Å²) in [6.07, 6.45) is -0.483. The summed E-state index contributed by atoms with van der Waals surface area (Å²) < 4.78 is 47.5. The molecule has 21 nitrogen and oxygen atoms in total. The lowest BCUT2D eigenvalue weighted by Crippen LogP contribution is -2.76. The number of aliphatic carboxylic acids is 1. The molecule has 4 heterocycles. The third kappa shape index (κ3) is 10.3. The summed E-state index contributed by atoms with van der Waals surface area (Å²) in [5.74, 6) is -2.30. The molecular weight excluding hydrogens is 791 g/mol. The van der Waals surface area contributed by atoms with Gasteiger partial charge in [0, 0.05) is 24.4 Å². The minimum Gasteiger partial charge on any atom is -0.485 e. The van der Waals surface area contributed by atoms with Crippen LogP contribution in [0.25, 0.3) is 0 Å². The van der Waals surface area contributed by atoms with E-state index in [2.05, 4.69) is 40.7 Å². The van der Waals surface area contributed by atoms with Crippen LogP contribution in [0.15, 0.2) is 33.7 Å². The van der Waals surface area contributed by atoms with Crippen molar-refractivity contribution in [3.05, 3.63) is 40.4 Å². The van der Waals surface area contributed by atoms with Crippen molar-refractivity contribution in [2.24, 2.45) is 15.9 Å². The van der Waals surface area contributed by atoms with Gasteiger partial charge in [-0.3, -0.25) is 24.5 Å². The predicted octanol–water partition coefficient (Wildman–Crippen LogP) is 1.27. The van der Waals surface area contributed by atoms with Crippen LogP contribution in [0.4, 0.5) is 9.93 Å². The molecule has 23 heteroatoms. The van der Waals surface area contributed by atoms with E-state index in [0.29, 0.717) is 36.9 Å². The molecule has 57 heavy (non-hydrogen) atoms. The second-order valence-electron chi connectivity index (χ2n) is 15.2. The summed E-state index contributed by atoms with van der Waals surface area (Å²) in [5, 5.41) is 27.5. The highest BCUT2D eigenvalue weighted by atomic mass is 32.3. The number of aliphatic imine (C=N–C) groups is 1. The van der Waals surface area contributed by atoms with Gasteiger partial charge in [0.2, 0.25) is 0 Å². The van der Waals surface area contributed by atoms with E-state index in [1.54, 1.807) is 26.8 Å². The molecule has 0 aliphatic carbocycles. The lowest BCUT2D eigenvalue weighted by Gasteiger charge is -2.50. The maximum absolute atomic E-state index is 13.8. The van der Waals surface area contributed by atoms with Gasteiger partial charge >= 0.3 is 22.5 Å². The van der Waals surface area contributed by atoms with Crippen molar-refractivity contribution in [1.29, 1.82) is 0 Å². The van der Waals surface area contributed by atoms with Crippen molar-refractivity contribution >= 4 is 62.4 Å². The first-order valence-corrected chi connectivity index (χ1v) is 20.1. The number of amides is 3. The van der Waals surface area contributed by atoms with Crippen LogP contribution in [0.2, 0.25) is 0 Å². The Labute approximate surface area is 332 Å². The van der Waals surface area contributed by atoms with Crippen molar-refractivity contribution in [3.8, 4) is 5.75 Å². The molecule has 1 aromatic carbocycles. The number of β-lactam (4-membered cyclic amide) rings is 1. The summed E-state index contributed by atoms with van der Waals surface area (Å²) in [5.41, 5.74) is 2.18. The Morgan fingerprint density at radius 2 is 1.96 bits per heavy atom. The van der Waals surface area contributed by atoms with E-state index >= 15 is 0 Å². The first kappa shape index (κ1) is 43.0. The Balaban J connectivity index is 1.36. The highest BCUT2D eigenvalue weighted by molar-refractivity contribution is 7.80. The van der Waals surface area contributed by atoms with Gasteiger partial charge in [0.15, 0.2) is 22.9 Å². The largest absolute Gasteiger partial charge is 0.485 e. The molecule has 4 atom stereocenters. The van der Waals surface area contributed by atoms with E-state index in [-0.39, 0.29) is 23.2 Å². The maximum atomic E-state index is 13.8. The average Bonchev–Trinajstić information content (AvgIpc) is 3.58. The average molecular weight is 838 g/mol. The van der Waals surface area contributed by atoms with Crippen LogP contribution in [0, 0.1) is 0 Å². The molecule has 312 valence electrons. The van der Waals surface area contributed by atoms with E-state index in [1.165, 1.54) is 26.2 Å².